The van der Waals surface area contributed by atoms with Crippen LogP contribution in [-0.2, 0) is 4.79 Å². The summed E-state index contributed by atoms with van der Waals surface area (Å²) in [5.41, 5.74) is 0.802. The van der Waals surface area contributed by atoms with Crippen LogP contribution in [0, 0.1) is 12.3 Å². The Kier molecular flexibility index (Phi) is 3.30. The molecular formula is C14H17BrO2. The molecule has 2 atom stereocenters. The van der Waals surface area contributed by atoms with Gasteiger partial charge in [-0.3, -0.25) is 4.79 Å². The van der Waals surface area contributed by atoms with Crippen molar-refractivity contribution < 1.29 is 9.53 Å². The second kappa shape index (κ2) is 4.45. The second-order valence-electron chi connectivity index (χ2n) is 4.91. The van der Waals surface area contributed by atoms with Gasteiger partial charge in [0, 0.05) is 10.9 Å². The van der Waals surface area contributed by atoms with Crippen LogP contribution in [0.25, 0.3) is 0 Å². The molecule has 0 aliphatic heterocycles. The second-order valence-corrected chi connectivity index (χ2v) is 5.83. The van der Waals surface area contributed by atoms with Gasteiger partial charge in [0.15, 0.2) is 0 Å². The van der Waals surface area contributed by atoms with Crippen LogP contribution in [0.2, 0.25) is 0 Å². The summed E-state index contributed by atoms with van der Waals surface area (Å²) in [6.07, 6.45) is 1.41. The normalized spacial score (nSPS) is 27.8. The Morgan fingerprint density at radius 1 is 1.53 bits per heavy atom. The molecule has 3 heteroatoms. The van der Waals surface area contributed by atoms with Gasteiger partial charge >= 0.3 is 0 Å². The van der Waals surface area contributed by atoms with Gasteiger partial charge in [0.05, 0.1) is 5.41 Å². The lowest BCUT2D eigenvalue weighted by Crippen LogP contribution is -2.54. The smallest absolute Gasteiger partial charge is 0.146 e. The van der Waals surface area contributed by atoms with E-state index >= 15 is 0 Å². The molecule has 2 rings (SSSR count). The van der Waals surface area contributed by atoms with E-state index in [0.717, 1.165) is 22.2 Å². The molecule has 0 bridgehead atoms. The number of aryl methyl sites for hydroxylation is 1. The van der Waals surface area contributed by atoms with Crippen LogP contribution in [0.5, 0.6) is 5.75 Å². The Morgan fingerprint density at radius 3 is 2.76 bits per heavy atom. The highest BCUT2D eigenvalue weighted by atomic mass is 79.9. The van der Waals surface area contributed by atoms with Gasteiger partial charge in [0.2, 0.25) is 0 Å². The molecule has 1 aliphatic rings. The van der Waals surface area contributed by atoms with Crippen molar-refractivity contribution >= 4 is 21.7 Å². The summed E-state index contributed by atoms with van der Waals surface area (Å²) in [5.74, 6) is 1.20. The molecule has 1 fully saturated rings. The minimum atomic E-state index is -0.292. The number of Topliss-reactive ketones (excluding diaryl/α,β-unsaturated/α-hetero) is 1. The van der Waals surface area contributed by atoms with Gasteiger partial charge in [-0.05, 0) is 44.0 Å². The molecule has 1 saturated carbocycles. The molecule has 0 spiro atoms. The first-order valence-corrected chi connectivity index (χ1v) is 6.73. The zero-order valence-electron chi connectivity index (χ0n) is 10.4. The van der Waals surface area contributed by atoms with Crippen molar-refractivity contribution in [2.24, 2.45) is 5.41 Å². The Morgan fingerprint density at radius 2 is 2.24 bits per heavy atom. The molecule has 92 valence electrons. The van der Waals surface area contributed by atoms with Crippen molar-refractivity contribution in [1.82, 2.24) is 0 Å². The maximum atomic E-state index is 11.6. The van der Waals surface area contributed by atoms with Gasteiger partial charge < -0.3 is 4.74 Å². The molecule has 1 aromatic carbocycles. The number of carbonyl (C=O) groups is 1. The molecule has 0 radical (unpaired) electrons. The molecule has 2 unspecified atom stereocenters. The van der Waals surface area contributed by atoms with E-state index in [-0.39, 0.29) is 11.5 Å². The van der Waals surface area contributed by atoms with Crippen molar-refractivity contribution in [3.8, 4) is 5.75 Å². The molecule has 0 saturated heterocycles. The average Bonchev–Trinajstić information content (AvgIpc) is 2.30. The predicted molar refractivity (Wildman–Crippen MR) is 71.3 cm³/mol. The Balaban J connectivity index is 2.15. The Labute approximate surface area is 110 Å². The fraction of sp³-hybridized carbons (Fsp3) is 0.500. The lowest BCUT2D eigenvalue weighted by molar-refractivity contribution is -0.150. The van der Waals surface area contributed by atoms with E-state index < -0.39 is 0 Å². The third-order valence-electron chi connectivity index (χ3n) is 3.86. The highest BCUT2D eigenvalue weighted by molar-refractivity contribution is 9.10. The van der Waals surface area contributed by atoms with Crippen molar-refractivity contribution in [3.05, 3.63) is 28.2 Å². The third kappa shape index (κ3) is 2.13. The van der Waals surface area contributed by atoms with Gasteiger partial charge in [-0.2, -0.15) is 0 Å². The minimum Gasteiger partial charge on any atom is -0.489 e. The summed E-state index contributed by atoms with van der Waals surface area (Å²) >= 11 is 3.43. The quantitative estimate of drug-likeness (QED) is 0.846. The van der Waals surface area contributed by atoms with Gasteiger partial charge in [-0.25, -0.2) is 0 Å². The third-order valence-corrected chi connectivity index (χ3v) is 4.35. The zero-order chi connectivity index (χ0) is 12.6. The number of benzene rings is 1. The fourth-order valence-electron chi connectivity index (χ4n) is 2.17. The molecule has 0 heterocycles. The molecule has 0 aromatic heterocycles. The van der Waals surface area contributed by atoms with Crippen LogP contribution in [0.1, 0.15) is 32.3 Å². The summed E-state index contributed by atoms with van der Waals surface area (Å²) in [7, 11) is 0. The van der Waals surface area contributed by atoms with Crippen molar-refractivity contribution in [3.63, 3.8) is 0 Å². The van der Waals surface area contributed by atoms with E-state index in [0.29, 0.717) is 12.2 Å². The fourth-order valence-corrected chi connectivity index (χ4v) is 2.65. The van der Waals surface area contributed by atoms with Gasteiger partial charge in [0.25, 0.3) is 0 Å². The molecule has 17 heavy (non-hydrogen) atoms. The maximum Gasteiger partial charge on any atom is 0.146 e. The van der Waals surface area contributed by atoms with Crippen molar-refractivity contribution in [2.45, 2.75) is 39.7 Å². The van der Waals surface area contributed by atoms with Crippen LogP contribution >= 0.6 is 15.9 Å². The van der Waals surface area contributed by atoms with E-state index in [1.165, 1.54) is 0 Å². The Hall–Kier alpha value is -0.830. The predicted octanol–water partition coefficient (Wildman–Crippen LogP) is 3.89. The van der Waals surface area contributed by atoms with Crippen molar-refractivity contribution in [2.75, 3.05) is 0 Å². The number of ketones is 1. The number of ether oxygens (including phenoxy) is 1. The number of hydrogen-bond donors (Lipinski definition) is 0. The summed E-state index contributed by atoms with van der Waals surface area (Å²) in [6.45, 7) is 6.06. The van der Waals surface area contributed by atoms with E-state index in [2.05, 4.69) is 15.9 Å². The standard InChI is InChI=1S/C14H17BrO2/c1-4-14(3)12(16)8-13(14)17-11-6-5-10(15)7-9(11)2/h5-7,13H,4,8H2,1-3H3. The summed E-state index contributed by atoms with van der Waals surface area (Å²) in [5, 5.41) is 0. The zero-order valence-corrected chi connectivity index (χ0v) is 12.0. The highest BCUT2D eigenvalue weighted by Gasteiger charge is 2.51. The van der Waals surface area contributed by atoms with Gasteiger partial charge in [0.1, 0.15) is 17.6 Å². The number of hydrogen-bond acceptors (Lipinski definition) is 2. The Bertz CT molecular complexity index is 456. The lowest BCUT2D eigenvalue weighted by Gasteiger charge is -2.44. The molecule has 0 amide bonds. The molecule has 2 nitrogen and oxygen atoms in total. The minimum absolute atomic E-state index is 0.0277. The summed E-state index contributed by atoms with van der Waals surface area (Å²) in [6, 6.07) is 5.95. The first kappa shape index (κ1) is 12.6. The van der Waals surface area contributed by atoms with E-state index in [9.17, 15) is 4.79 Å². The summed E-state index contributed by atoms with van der Waals surface area (Å²) < 4.78 is 7.02. The van der Waals surface area contributed by atoms with Crippen molar-refractivity contribution in [1.29, 1.82) is 0 Å². The topological polar surface area (TPSA) is 26.3 Å². The monoisotopic (exact) mass is 296 g/mol. The molecule has 0 N–H and O–H groups in total. The van der Waals surface area contributed by atoms with Crippen LogP contribution in [0.15, 0.2) is 22.7 Å². The average molecular weight is 297 g/mol. The number of carbonyl (C=O) groups excluding carboxylic acids is 1. The first-order chi connectivity index (χ1) is 7.97. The van der Waals surface area contributed by atoms with Gasteiger partial charge in [-0.1, -0.05) is 22.9 Å². The van der Waals surface area contributed by atoms with E-state index in [1.54, 1.807) is 0 Å². The van der Waals surface area contributed by atoms with Crippen LogP contribution < -0.4 is 4.74 Å². The maximum absolute atomic E-state index is 11.6. The largest absolute Gasteiger partial charge is 0.489 e. The molecule has 1 aliphatic carbocycles. The first-order valence-electron chi connectivity index (χ1n) is 5.93. The highest BCUT2D eigenvalue weighted by Crippen LogP contribution is 2.43. The summed E-state index contributed by atoms with van der Waals surface area (Å²) in [4.78, 5) is 11.6. The van der Waals surface area contributed by atoms with Crippen LogP contribution in [-0.4, -0.2) is 11.9 Å². The van der Waals surface area contributed by atoms with E-state index in [4.69, 9.17) is 4.74 Å². The van der Waals surface area contributed by atoms with Gasteiger partial charge in [-0.15, -0.1) is 0 Å². The SMILES string of the molecule is CCC1(C)C(=O)CC1Oc1ccc(Br)cc1C. The van der Waals surface area contributed by atoms with Crippen LogP contribution in [0.3, 0.4) is 0 Å². The molecular weight excluding hydrogens is 280 g/mol. The number of halogens is 1. The lowest BCUT2D eigenvalue weighted by atomic mass is 9.64. The molecule has 1 aromatic rings. The van der Waals surface area contributed by atoms with Crippen LogP contribution in [0.4, 0.5) is 0 Å². The number of rotatable bonds is 3. The van der Waals surface area contributed by atoms with E-state index in [1.807, 2.05) is 39.0 Å².